The number of hydrogen-bond acceptors (Lipinski definition) is 4. The van der Waals surface area contributed by atoms with Gasteiger partial charge in [-0.15, -0.1) is 0 Å². The Labute approximate surface area is 156 Å². The van der Waals surface area contributed by atoms with E-state index in [9.17, 15) is 4.79 Å². The molecule has 3 saturated heterocycles. The van der Waals surface area contributed by atoms with Crippen LogP contribution in [0.15, 0.2) is 30.3 Å². The van der Waals surface area contributed by atoms with Gasteiger partial charge in [0, 0.05) is 38.2 Å². The fourth-order valence-electron chi connectivity index (χ4n) is 4.75. The highest BCUT2D eigenvalue weighted by molar-refractivity contribution is 5.79. The summed E-state index contributed by atoms with van der Waals surface area (Å²) in [6.45, 7) is 7.13. The number of rotatable bonds is 5. The average molecular weight is 358 g/mol. The minimum absolute atomic E-state index is 0.101. The van der Waals surface area contributed by atoms with Crippen LogP contribution in [0.3, 0.4) is 0 Å². The average Bonchev–Trinajstić information content (AvgIpc) is 3.33. The predicted octanol–water partition coefficient (Wildman–Crippen LogP) is 2.42. The van der Waals surface area contributed by atoms with Crippen molar-refractivity contribution < 1.29 is 14.3 Å². The molecule has 4 rings (SSSR count). The Morgan fingerprint density at radius 3 is 2.88 bits per heavy atom. The number of carbonyl (C=O) groups is 1. The Morgan fingerprint density at radius 1 is 1.19 bits per heavy atom. The summed E-state index contributed by atoms with van der Waals surface area (Å²) in [5.74, 6) is 1.36. The summed E-state index contributed by atoms with van der Waals surface area (Å²) in [4.78, 5) is 17.3. The highest BCUT2D eigenvalue weighted by Crippen LogP contribution is 2.39. The van der Waals surface area contributed by atoms with Crippen LogP contribution in [0.4, 0.5) is 0 Å². The minimum atomic E-state index is 0.101. The summed E-state index contributed by atoms with van der Waals surface area (Å²) in [5, 5.41) is 0. The molecule has 2 atom stereocenters. The zero-order chi connectivity index (χ0) is 17.8. The molecule has 1 spiro atoms. The third-order valence-corrected chi connectivity index (χ3v) is 6.19. The van der Waals surface area contributed by atoms with Crippen molar-refractivity contribution in [3.05, 3.63) is 30.3 Å². The van der Waals surface area contributed by atoms with Crippen LogP contribution < -0.4 is 4.74 Å². The van der Waals surface area contributed by atoms with Gasteiger partial charge >= 0.3 is 0 Å². The van der Waals surface area contributed by atoms with Gasteiger partial charge in [-0.3, -0.25) is 9.69 Å². The predicted molar refractivity (Wildman–Crippen MR) is 100 cm³/mol. The number of benzene rings is 1. The normalized spacial score (nSPS) is 29.4. The zero-order valence-electron chi connectivity index (χ0n) is 15.6. The van der Waals surface area contributed by atoms with E-state index in [0.717, 1.165) is 64.5 Å². The molecular weight excluding hydrogens is 328 g/mol. The third-order valence-electron chi connectivity index (χ3n) is 6.19. The second kappa shape index (κ2) is 7.97. The van der Waals surface area contributed by atoms with E-state index in [0.29, 0.717) is 17.9 Å². The monoisotopic (exact) mass is 358 g/mol. The van der Waals surface area contributed by atoms with E-state index in [4.69, 9.17) is 9.47 Å². The van der Waals surface area contributed by atoms with Gasteiger partial charge in [0.2, 0.25) is 5.91 Å². The Balaban J connectivity index is 1.27. The highest BCUT2D eigenvalue weighted by atomic mass is 16.5. The van der Waals surface area contributed by atoms with Crippen molar-refractivity contribution in [3.8, 4) is 5.75 Å². The van der Waals surface area contributed by atoms with E-state index in [1.165, 1.54) is 12.8 Å². The van der Waals surface area contributed by atoms with Gasteiger partial charge in [-0.25, -0.2) is 0 Å². The number of hydrogen-bond donors (Lipinski definition) is 0. The SMILES string of the molecule is O=C([C@H]1CCOC1)N1CC[C@@]2(CCCN(CCOc3ccccc3)C2)C1. The molecule has 5 heteroatoms. The fourth-order valence-corrected chi connectivity index (χ4v) is 4.75. The second-order valence-electron chi connectivity index (χ2n) is 8.11. The van der Waals surface area contributed by atoms with Gasteiger partial charge in [0.15, 0.2) is 0 Å². The van der Waals surface area contributed by atoms with Crippen molar-refractivity contribution in [3.63, 3.8) is 0 Å². The van der Waals surface area contributed by atoms with E-state index in [2.05, 4.69) is 9.80 Å². The van der Waals surface area contributed by atoms with Crippen LogP contribution >= 0.6 is 0 Å². The Hall–Kier alpha value is -1.59. The first-order valence-electron chi connectivity index (χ1n) is 10.0. The molecule has 26 heavy (non-hydrogen) atoms. The fraction of sp³-hybridized carbons (Fsp3) is 0.667. The lowest BCUT2D eigenvalue weighted by Gasteiger charge is -2.40. The van der Waals surface area contributed by atoms with E-state index in [-0.39, 0.29) is 5.92 Å². The summed E-state index contributed by atoms with van der Waals surface area (Å²) in [5.41, 5.74) is 0.292. The molecule has 3 aliphatic heterocycles. The van der Waals surface area contributed by atoms with Crippen molar-refractivity contribution in [1.82, 2.24) is 9.80 Å². The Bertz CT molecular complexity index is 603. The van der Waals surface area contributed by atoms with Gasteiger partial charge in [-0.1, -0.05) is 18.2 Å². The maximum absolute atomic E-state index is 12.7. The van der Waals surface area contributed by atoms with Crippen LogP contribution in [-0.4, -0.2) is 68.3 Å². The van der Waals surface area contributed by atoms with E-state index in [1.54, 1.807) is 0 Å². The first-order valence-corrected chi connectivity index (χ1v) is 10.0. The minimum Gasteiger partial charge on any atom is -0.492 e. The van der Waals surface area contributed by atoms with E-state index in [1.807, 2.05) is 30.3 Å². The largest absolute Gasteiger partial charge is 0.492 e. The number of ether oxygens (including phenoxy) is 2. The highest BCUT2D eigenvalue weighted by Gasteiger charge is 2.44. The molecule has 142 valence electrons. The number of piperidine rings is 1. The van der Waals surface area contributed by atoms with Crippen LogP contribution in [0.25, 0.3) is 0 Å². The lowest BCUT2D eigenvalue weighted by molar-refractivity contribution is -0.135. The molecular formula is C21H30N2O3. The van der Waals surface area contributed by atoms with Gasteiger partial charge in [0.25, 0.3) is 0 Å². The smallest absolute Gasteiger partial charge is 0.228 e. The van der Waals surface area contributed by atoms with Gasteiger partial charge in [-0.2, -0.15) is 0 Å². The topological polar surface area (TPSA) is 42.0 Å². The molecule has 0 radical (unpaired) electrons. The molecule has 0 bridgehead atoms. The molecule has 1 aromatic carbocycles. The molecule has 3 fully saturated rings. The molecule has 3 heterocycles. The first-order chi connectivity index (χ1) is 12.7. The first kappa shape index (κ1) is 17.8. The standard InChI is InChI=1S/C21H30N2O3/c24-20(18-7-13-25-15-18)23-11-9-21(17-23)8-4-10-22(16-21)12-14-26-19-5-2-1-3-6-19/h1-3,5-6,18H,4,7-17H2/t18-,21+/m0/s1. The molecule has 0 aromatic heterocycles. The number of amides is 1. The lowest BCUT2D eigenvalue weighted by Crippen LogP contribution is -2.47. The van der Waals surface area contributed by atoms with Crippen molar-refractivity contribution in [1.29, 1.82) is 0 Å². The third kappa shape index (κ3) is 4.04. The quantitative estimate of drug-likeness (QED) is 0.811. The molecule has 5 nitrogen and oxygen atoms in total. The van der Waals surface area contributed by atoms with Gasteiger partial charge in [0.05, 0.1) is 12.5 Å². The van der Waals surface area contributed by atoms with Gasteiger partial charge < -0.3 is 14.4 Å². The van der Waals surface area contributed by atoms with Crippen molar-refractivity contribution in [2.24, 2.45) is 11.3 Å². The van der Waals surface area contributed by atoms with Crippen molar-refractivity contribution >= 4 is 5.91 Å². The Morgan fingerprint density at radius 2 is 2.08 bits per heavy atom. The molecule has 0 N–H and O–H groups in total. The summed E-state index contributed by atoms with van der Waals surface area (Å²) in [6.07, 6.45) is 4.50. The molecule has 0 saturated carbocycles. The summed E-state index contributed by atoms with van der Waals surface area (Å²) in [6, 6.07) is 10.0. The van der Waals surface area contributed by atoms with Gasteiger partial charge in [0.1, 0.15) is 12.4 Å². The molecule has 1 aromatic rings. The van der Waals surface area contributed by atoms with E-state index >= 15 is 0 Å². The lowest BCUT2D eigenvalue weighted by atomic mass is 9.79. The summed E-state index contributed by atoms with van der Waals surface area (Å²) in [7, 11) is 0. The number of likely N-dealkylation sites (tertiary alicyclic amines) is 2. The number of carbonyl (C=O) groups excluding carboxylic acids is 1. The van der Waals surface area contributed by atoms with Crippen LogP contribution in [0.5, 0.6) is 5.75 Å². The maximum Gasteiger partial charge on any atom is 0.228 e. The number of nitrogens with zero attached hydrogens (tertiary/aromatic N) is 2. The number of para-hydroxylation sites is 1. The van der Waals surface area contributed by atoms with Gasteiger partial charge in [-0.05, 0) is 44.4 Å². The molecule has 0 aliphatic carbocycles. The summed E-state index contributed by atoms with van der Waals surface area (Å²) < 4.78 is 11.3. The van der Waals surface area contributed by atoms with Crippen LogP contribution in [-0.2, 0) is 9.53 Å². The summed E-state index contributed by atoms with van der Waals surface area (Å²) >= 11 is 0. The zero-order valence-corrected chi connectivity index (χ0v) is 15.6. The van der Waals surface area contributed by atoms with Crippen LogP contribution in [0, 0.1) is 11.3 Å². The van der Waals surface area contributed by atoms with E-state index < -0.39 is 0 Å². The van der Waals surface area contributed by atoms with Crippen molar-refractivity contribution in [2.45, 2.75) is 25.7 Å². The molecule has 1 amide bonds. The van der Waals surface area contributed by atoms with Crippen molar-refractivity contribution in [2.75, 3.05) is 52.5 Å². The van der Waals surface area contributed by atoms with Crippen LogP contribution in [0.2, 0.25) is 0 Å². The molecule has 3 aliphatic rings. The van der Waals surface area contributed by atoms with Crippen LogP contribution in [0.1, 0.15) is 25.7 Å². The maximum atomic E-state index is 12.7. The second-order valence-corrected chi connectivity index (χ2v) is 8.11. The molecule has 0 unspecified atom stereocenters. The Kier molecular flexibility index (Phi) is 5.46.